The van der Waals surface area contributed by atoms with Gasteiger partial charge in [0.05, 0.1) is 10.9 Å². The van der Waals surface area contributed by atoms with E-state index in [1.54, 1.807) is 36.5 Å². The third-order valence-corrected chi connectivity index (χ3v) is 7.30. The predicted molar refractivity (Wildman–Crippen MR) is 101 cm³/mol. The molecule has 2 aliphatic heterocycles. The molecule has 3 heterocycles. The SMILES string of the molecule is C[C@H](N=C1NS(=O)(=O)c2ccccc21)C(=O)N1CCc2sccc2[C@@H]1C. The summed E-state index contributed by atoms with van der Waals surface area (Å²) in [6.07, 6.45) is 0.849. The number of benzene rings is 1. The number of carbonyl (C=O) groups is 1. The lowest BCUT2D eigenvalue weighted by atomic mass is 10.0. The first-order valence-electron chi connectivity index (χ1n) is 8.45. The minimum atomic E-state index is -3.60. The van der Waals surface area contributed by atoms with Crippen molar-refractivity contribution in [2.45, 2.75) is 37.2 Å². The van der Waals surface area contributed by atoms with Gasteiger partial charge >= 0.3 is 0 Å². The molecule has 136 valence electrons. The van der Waals surface area contributed by atoms with Crippen LogP contribution < -0.4 is 4.72 Å². The lowest BCUT2D eigenvalue weighted by Crippen LogP contribution is -2.43. The van der Waals surface area contributed by atoms with Crippen molar-refractivity contribution in [1.82, 2.24) is 9.62 Å². The molecule has 0 saturated heterocycles. The van der Waals surface area contributed by atoms with Gasteiger partial charge in [0, 0.05) is 17.0 Å². The first-order valence-corrected chi connectivity index (χ1v) is 10.8. The summed E-state index contributed by atoms with van der Waals surface area (Å²) in [4.78, 5) is 20.7. The molecule has 8 heteroatoms. The van der Waals surface area contributed by atoms with Gasteiger partial charge in [0.15, 0.2) is 0 Å². The molecule has 4 rings (SSSR count). The quantitative estimate of drug-likeness (QED) is 0.856. The molecule has 26 heavy (non-hydrogen) atoms. The molecule has 1 aromatic heterocycles. The van der Waals surface area contributed by atoms with Gasteiger partial charge in [-0.05, 0) is 49.4 Å². The van der Waals surface area contributed by atoms with Gasteiger partial charge in [-0.15, -0.1) is 11.3 Å². The second-order valence-corrected chi connectivity index (χ2v) is 9.16. The molecule has 1 amide bonds. The molecule has 2 aliphatic rings. The Morgan fingerprint density at radius 2 is 2.12 bits per heavy atom. The van der Waals surface area contributed by atoms with Crippen molar-refractivity contribution in [3.63, 3.8) is 0 Å². The number of amidine groups is 1. The zero-order chi connectivity index (χ0) is 18.5. The molecule has 0 fully saturated rings. The second kappa shape index (κ2) is 6.21. The van der Waals surface area contributed by atoms with E-state index in [0.29, 0.717) is 12.1 Å². The van der Waals surface area contributed by atoms with Gasteiger partial charge in [-0.1, -0.05) is 12.1 Å². The van der Waals surface area contributed by atoms with Crippen LogP contribution in [0.4, 0.5) is 0 Å². The zero-order valence-electron chi connectivity index (χ0n) is 14.5. The highest BCUT2D eigenvalue weighted by atomic mass is 32.2. The average molecular weight is 390 g/mol. The lowest BCUT2D eigenvalue weighted by molar-refractivity contribution is -0.134. The van der Waals surface area contributed by atoms with E-state index in [1.807, 2.05) is 11.8 Å². The summed E-state index contributed by atoms with van der Waals surface area (Å²) in [6.45, 7) is 4.39. The Morgan fingerprint density at radius 3 is 2.92 bits per heavy atom. The fourth-order valence-corrected chi connectivity index (χ4v) is 5.73. The van der Waals surface area contributed by atoms with Gasteiger partial charge in [-0.25, -0.2) is 8.42 Å². The van der Waals surface area contributed by atoms with Gasteiger partial charge in [-0.3, -0.25) is 14.5 Å². The van der Waals surface area contributed by atoms with Crippen LogP contribution in [0.1, 0.15) is 35.9 Å². The minimum Gasteiger partial charge on any atom is -0.334 e. The highest BCUT2D eigenvalue weighted by Crippen LogP contribution is 2.33. The molecule has 1 aromatic carbocycles. The van der Waals surface area contributed by atoms with Crippen LogP contribution in [0.2, 0.25) is 0 Å². The molecule has 0 spiro atoms. The van der Waals surface area contributed by atoms with E-state index >= 15 is 0 Å². The molecule has 0 bridgehead atoms. The number of hydrogen-bond donors (Lipinski definition) is 1. The Morgan fingerprint density at radius 1 is 1.35 bits per heavy atom. The topological polar surface area (TPSA) is 78.8 Å². The van der Waals surface area contributed by atoms with Gasteiger partial charge < -0.3 is 4.90 Å². The Balaban J connectivity index is 1.60. The van der Waals surface area contributed by atoms with Crippen LogP contribution >= 0.6 is 11.3 Å². The Bertz CT molecular complexity index is 1010. The molecule has 6 nitrogen and oxygen atoms in total. The summed E-state index contributed by atoms with van der Waals surface area (Å²) >= 11 is 1.73. The van der Waals surface area contributed by atoms with E-state index in [2.05, 4.69) is 21.2 Å². The number of amides is 1. The summed E-state index contributed by atoms with van der Waals surface area (Å²) in [5, 5.41) is 2.06. The number of aliphatic imine (C=N–C) groups is 1. The maximum atomic E-state index is 12.9. The first kappa shape index (κ1) is 17.2. The van der Waals surface area contributed by atoms with Crippen LogP contribution in [0, 0.1) is 0 Å². The second-order valence-electron chi connectivity index (χ2n) is 6.51. The summed E-state index contributed by atoms with van der Waals surface area (Å²) in [5.74, 6) is 0.146. The van der Waals surface area contributed by atoms with Crippen LogP contribution in [0.5, 0.6) is 0 Å². The third-order valence-electron chi connectivity index (χ3n) is 4.90. The molecule has 0 radical (unpaired) electrons. The fraction of sp³-hybridized carbons (Fsp3) is 0.333. The van der Waals surface area contributed by atoms with E-state index in [9.17, 15) is 13.2 Å². The van der Waals surface area contributed by atoms with Crippen molar-refractivity contribution >= 4 is 33.1 Å². The molecule has 0 aliphatic carbocycles. The first-order chi connectivity index (χ1) is 12.4. The van der Waals surface area contributed by atoms with Crippen molar-refractivity contribution in [3.8, 4) is 0 Å². The molecule has 2 atom stereocenters. The number of thiophene rings is 1. The van der Waals surface area contributed by atoms with E-state index in [-0.39, 0.29) is 22.7 Å². The standard InChI is InChI=1S/C18H19N3O3S2/c1-11(18(22)21-9-7-15-13(12(21)2)8-10-25-15)19-17-14-5-3-4-6-16(14)26(23,24)20-17/h3-6,8,10-12H,7,9H2,1-2H3,(H,19,20)/t11-,12-/m0/s1. The fourth-order valence-electron chi connectivity index (χ4n) is 3.53. The van der Waals surface area contributed by atoms with Crippen LogP contribution in [0.3, 0.4) is 0 Å². The summed E-state index contributed by atoms with van der Waals surface area (Å²) in [7, 11) is -3.60. The Hall–Kier alpha value is -2.19. The zero-order valence-corrected chi connectivity index (χ0v) is 16.1. The van der Waals surface area contributed by atoms with Crippen molar-refractivity contribution in [2.75, 3.05) is 6.54 Å². The van der Waals surface area contributed by atoms with E-state index in [1.165, 1.54) is 16.5 Å². The van der Waals surface area contributed by atoms with Crippen LogP contribution in [-0.2, 0) is 21.2 Å². The van der Waals surface area contributed by atoms with Gasteiger partial charge in [0.25, 0.3) is 10.0 Å². The van der Waals surface area contributed by atoms with Gasteiger partial charge in [0.1, 0.15) is 11.9 Å². The average Bonchev–Trinajstić information content (AvgIpc) is 3.19. The van der Waals surface area contributed by atoms with Gasteiger partial charge in [-0.2, -0.15) is 0 Å². The Kier molecular flexibility index (Phi) is 4.11. The number of rotatable bonds is 2. The monoisotopic (exact) mass is 389 g/mol. The number of nitrogens with zero attached hydrogens (tertiary/aromatic N) is 2. The van der Waals surface area contributed by atoms with E-state index in [0.717, 1.165) is 6.42 Å². The normalized spacial score (nSPS) is 23.2. The number of nitrogens with one attached hydrogen (secondary N) is 1. The predicted octanol–water partition coefficient (Wildman–Crippen LogP) is 2.32. The third kappa shape index (κ3) is 2.73. The maximum Gasteiger partial charge on any atom is 0.263 e. The van der Waals surface area contributed by atoms with Gasteiger partial charge in [0.2, 0.25) is 5.91 Å². The number of hydrogen-bond acceptors (Lipinski definition) is 5. The molecule has 2 aromatic rings. The van der Waals surface area contributed by atoms with Crippen molar-refractivity contribution in [1.29, 1.82) is 0 Å². The van der Waals surface area contributed by atoms with Crippen LogP contribution in [0.15, 0.2) is 45.6 Å². The minimum absolute atomic E-state index is 0.00714. The van der Waals surface area contributed by atoms with Crippen molar-refractivity contribution in [3.05, 3.63) is 51.7 Å². The Labute approximate surface area is 156 Å². The highest BCUT2D eigenvalue weighted by molar-refractivity contribution is 7.90. The lowest BCUT2D eigenvalue weighted by Gasteiger charge is -2.34. The van der Waals surface area contributed by atoms with E-state index < -0.39 is 16.1 Å². The molecule has 1 N–H and O–H groups in total. The molecule has 0 saturated carbocycles. The highest BCUT2D eigenvalue weighted by Gasteiger charge is 2.34. The molecular formula is C18H19N3O3S2. The smallest absolute Gasteiger partial charge is 0.263 e. The number of fused-ring (bicyclic) bond motifs is 2. The number of sulfonamides is 1. The van der Waals surface area contributed by atoms with Crippen molar-refractivity contribution in [2.24, 2.45) is 4.99 Å². The summed E-state index contributed by atoms with van der Waals surface area (Å²) in [5.41, 5.74) is 1.71. The maximum absolute atomic E-state index is 12.9. The largest absolute Gasteiger partial charge is 0.334 e. The molecule has 0 unspecified atom stereocenters. The van der Waals surface area contributed by atoms with Crippen molar-refractivity contribution < 1.29 is 13.2 Å². The van der Waals surface area contributed by atoms with E-state index in [4.69, 9.17) is 0 Å². The molecular weight excluding hydrogens is 370 g/mol. The number of carbonyl (C=O) groups excluding carboxylic acids is 1. The summed E-state index contributed by atoms with van der Waals surface area (Å²) in [6, 6.07) is 8.08. The van der Waals surface area contributed by atoms with Crippen LogP contribution in [0.25, 0.3) is 0 Å². The van der Waals surface area contributed by atoms with Crippen LogP contribution in [-0.4, -0.2) is 37.6 Å². The summed E-state index contributed by atoms with van der Waals surface area (Å²) < 4.78 is 26.8.